The molecule has 1 saturated carbocycles. The van der Waals surface area contributed by atoms with Crippen molar-refractivity contribution in [2.75, 3.05) is 5.32 Å². The number of aliphatic hydroxyl groups is 1. The highest BCUT2D eigenvalue weighted by atomic mass is 35.5. The monoisotopic (exact) mass is 543 g/mol. The molecule has 2 aromatic carbocycles. The maximum Gasteiger partial charge on any atom is 0.238 e. The fourth-order valence-corrected chi connectivity index (χ4v) is 7.00. The zero-order valence-electron chi connectivity index (χ0n) is 21.5. The molecule has 2 aliphatic heterocycles. The third-order valence-electron chi connectivity index (χ3n) is 8.16. The Labute approximate surface area is 228 Å². The molecule has 2 fully saturated rings. The molecule has 0 bridgehead atoms. The Morgan fingerprint density at radius 2 is 1.78 bits per heavy atom. The summed E-state index contributed by atoms with van der Waals surface area (Å²) in [4.78, 5) is 28.1. The van der Waals surface area contributed by atoms with E-state index >= 15 is 0 Å². The summed E-state index contributed by atoms with van der Waals surface area (Å²) < 4.78 is 0. The highest BCUT2D eigenvalue weighted by Gasteiger charge is 2.65. The largest absolute Gasteiger partial charge is 0.393 e. The third-order valence-corrected chi connectivity index (χ3v) is 8.63. The predicted octanol–water partition coefficient (Wildman–Crippen LogP) is 5.16. The van der Waals surface area contributed by atoms with E-state index in [0.717, 1.165) is 24.0 Å². The number of carbonyl (C=O) groups excluding carboxylic acids is 2. The maximum absolute atomic E-state index is 14.1. The first-order valence-electron chi connectivity index (χ1n) is 13.1. The number of fused-ring (bicyclic) bond motifs is 2. The molecule has 8 heteroatoms. The van der Waals surface area contributed by atoms with E-state index in [1.807, 2.05) is 30.3 Å². The number of hydrogen-bond donors (Lipinski definition) is 4. The number of hydrogen-bond acceptors (Lipinski definition) is 4. The van der Waals surface area contributed by atoms with Crippen molar-refractivity contribution in [3.63, 3.8) is 0 Å². The van der Waals surface area contributed by atoms with Gasteiger partial charge in [0.25, 0.3) is 0 Å². The Hall–Kier alpha value is -2.12. The van der Waals surface area contributed by atoms with Gasteiger partial charge in [-0.05, 0) is 72.9 Å². The van der Waals surface area contributed by atoms with Crippen LogP contribution in [-0.4, -0.2) is 41.2 Å². The molecule has 4 atom stereocenters. The van der Waals surface area contributed by atoms with Crippen LogP contribution in [0, 0.1) is 5.41 Å². The van der Waals surface area contributed by atoms with Crippen molar-refractivity contribution >= 4 is 40.7 Å². The van der Waals surface area contributed by atoms with Crippen LogP contribution < -0.4 is 16.0 Å². The van der Waals surface area contributed by atoms with Crippen LogP contribution >= 0.6 is 23.2 Å². The van der Waals surface area contributed by atoms with Gasteiger partial charge >= 0.3 is 0 Å². The van der Waals surface area contributed by atoms with Crippen molar-refractivity contribution < 1.29 is 14.7 Å². The summed E-state index contributed by atoms with van der Waals surface area (Å²) >= 11 is 12.8. The van der Waals surface area contributed by atoms with Crippen LogP contribution in [0.25, 0.3) is 0 Å². The highest BCUT2D eigenvalue weighted by Crippen LogP contribution is 2.56. The number of aliphatic hydroxyl groups excluding tert-OH is 1. The summed E-state index contributed by atoms with van der Waals surface area (Å²) in [5, 5.41) is 21.0. The predicted molar refractivity (Wildman–Crippen MR) is 147 cm³/mol. The number of halogens is 2. The van der Waals surface area contributed by atoms with E-state index in [2.05, 4.69) is 36.7 Å². The minimum atomic E-state index is -1.03. The molecule has 1 saturated heterocycles. The zero-order valence-corrected chi connectivity index (χ0v) is 23.0. The van der Waals surface area contributed by atoms with Gasteiger partial charge in [-0.15, -0.1) is 0 Å². The summed E-state index contributed by atoms with van der Waals surface area (Å²) in [6.07, 6.45) is 3.20. The maximum atomic E-state index is 14.1. The van der Waals surface area contributed by atoms with E-state index in [9.17, 15) is 14.7 Å². The fourth-order valence-electron chi connectivity index (χ4n) is 6.63. The Morgan fingerprint density at radius 1 is 1.08 bits per heavy atom. The Balaban J connectivity index is 1.64. The van der Waals surface area contributed by atoms with Gasteiger partial charge in [-0.25, -0.2) is 0 Å². The quantitative estimate of drug-likeness (QED) is 0.428. The van der Waals surface area contributed by atoms with E-state index in [1.54, 1.807) is 12.1 Å². The second kappa shape index (κ2) is 9.88. The van der Waals surface area contributed by atoms with Crippen LogP contribution in [0.3, 0.4) is 0 Å². The molecule has 4 N–H and O–H groups in total. The van der Waals surface area contributed by atoms with Gasteiger partial charge in [0.15, 0.2) is 0 Å². The molecule has 37 heavy (non-hydrogen) atoms. The van der Waals surface area contributed by atoms with Gasteiger partial charge in [-0.3, -0.25) is 9.59 Å². The van der Waals surface area contributed by atoms with Crippen LogP contribution in [0.4, 0.5) is 5.69 Å². The lowest BCUT2D eigenvalue weighted by molar-refractivity contribution is -0.124. The Morgan fingerprint density at radius 3 is 2.46 bits per heavy atom. The molecule has 3 aliphatic rings. The number of nitrogens with one attached hydrogen (secondary N) is 3. The van der Waals surface area contributed by atoms with E-state index < -0.39 is 17.4 Å². The van der Waals surface area contributed by atoms with Gasteiger partial charge in [-0.1, -0.05) is 62.2 Å². The number of benzene rings is 2. The molecular formula is C29H35Cl2N3O3. The van der Waals surface area contributed by atoms with E-state index in [0.29, 0.717) is 35.0 Å². The van der Waals surface area contributed by atoms with Crippen molar-refractivity contribution in [2.24, 2.45) is 5.41 Å². The molecule has 2 amide bonds. The lowest BCUT2D eigenvalue weighted by atomic mass is 9.62. The van der Waals surface area contributed by atoms with Crippen molar-refractivity contribution in [1.82, 2.24) is 10.6 Å². The van der Waals surface area contributed by atoms with Crippen molar-refractivity contribution in [3.05, 3.63) is 63.6 Å². The first-order chi connectivity index (χ1) is 17.5. The standard InChI is InChI=1S/C29H35Cl2N3O3/c1-28(2,3)15-23-29(21-12-7-18(31)14-22(21)33-27(29)37)24(16-5-4-6-17(30)13-16)25(34-23)26(36)32-19-8-10-20(35)11-9-19/h4-7,12-14,19-20,23-25,34-35H,8-11,15H2,1-3H3,(H,32,36)(H,33,37)/t19-,20+,23-,24-,25+,29+/m0/s1. The molecular weight excluding hydrogens is 509 g/mol. The summed E-state index contributed by atoms with van der Waals surface area (Å²) in [5.74, 6) is -0.750. The SMILES string of the molecule is CC(C)(C)C[C@@H]1N[C@@H](C(=O)N[C@H]2CC[C@@H](O)CC2)[C@H](c2cccc(Cl)c2)[C@]12C(=O)Nc1cc(Cl)ccc12. The van der Waals surface area contributed by atoms with Crippen molar-refractivity contribution in [2.45, 2.75) is 88.4 Å². The normalized spacial score (nSPS) is 31.3. The minimum absolute atomic E-state index is 0.00109. The summed E-state index contributed by atoms with van der Waals surface area (Å²) in [6.45, 7) is 6.44. The molecule has 5 rings (SSSR count). The average Bonchev–Trinajstić information content (AvgIpc) is 3.29. The Kier molecular flexibility index (Phi) is 7.07. The van der Waals surface area contributed by atoms with Crippen molar-refractivity contribution in [1.29, 1.82) is 0 Å². The third kappa shape index (κ3) is 4.89. The molecule has 1 spiro atoms. The number of amides is 2. The Bertz CT molecular complexity index is 1210. The van der Waals surface area contributed by atoms with Gasteiger partial charge in [-0.2, -0.15) is 0 Å². The lowest BCUT2D eigenvalue weighted by Gasteiger charge is -2.37. The highest BCUT2D eigenvalue weighted by molar-refractivity contribution is 6.31. The first-order valence-corrected chi connectivity index (χ1v) is 13.9. The van der Waals surface area contributed by atoms with Gasteiger partial charge in [0.1, 0.15) is 5.41 Å². The molecule has 0 radical (unpaired) electrons. The van der Waals surface area contributed by atoms with Gasteiger partial charge in [0, 0.05) is 33.7 Å². The summed E-state index contributed by atoms with van der Waals surface area (Å²) in [7, 11) is 0. The van der Waals surface area contributed by atoms with Gasteiger partial charge < -0.3 is 21.1 Å². The molecule has 1 aliphatic carbocycles. The van der Waals surface area contributed by atoms with Gasteiger partial charge in [0.05, 0.1) is 12.1 Å². The van der Waals surface area contributed by atoms with Gasteiger partial charge in [0.2, 0.25) is 11.8 Å². The molecule has 6 nitrogen and oxygen atoms in total. The molecule has 0 unspecified atom stereocenters. The van der Waals surface area contributed by atoms with E-state index in [-0.39, 0.29) is 35.4 Å². The topological polar surface area (TPSA) is 90.5 Å². The summed E-state index contributed by atoms with van der Waals surface area (Å²) in [6, 6.07) is 12.1. The van der Waals surface area contributed by atoms with Crippen LogP contribution in [0.5, 0.6) is 0 Å². The zero-order chi connectivity index (χ0) is 26.5. The number of rotatable bonds is 4. The van der Waals surface area contributed by atoms with E-state index in [4.69, 9.17) is 23.2 Å². The van der Waals surface area contributed by atoms with Crippen LogP contribution in [0.15, 0.2) is 42.5 Å². The van der Waals surface area contributed by atoms with Crippen LogP contribution in [-0.2, 0) is 15.0 Å². The molecule has 0 aromatic heterocycles. The van der Waals surface area contributed by atoms with E-state index in [1.165, 1.54) is 0 Å². The first kappa shape index (κ1) is 26.5. The molecule has 2 aromatic rings. The number of anilines is 1. The molecule has 198 valence electrons. The lowest BCUT2D eigenvalue weighted by Crippen LogP contribution is -2.49. The average molecular weight is 545 g/mol. The summed E-state index contributed by atoms with van der Waals surface area (Å²) in [5.41, 5.74) is 1.25. The second-order valence-corrected chi connectivity index (χ2v) is 12.9. The smallest absolute Gasteiger partial charge is 0.238 e. The van der Waals surface area contributed by atoms with Crippen LogP contribution in [0.2, 0.25) is 10.0 Å². The van der Waals surface area contributed by atoms with Crippen molar-refractivity contribution in [3.8, 4) is 0 Å². The molecule has 2 heterocycles. The number of carbonyl (C=O) groups is 2. The second-order valence-electron chi connectivity index (χ2n) is 12.0. The van der Waals surface area contributed by atoms with Crippen LogP contribution in [0.1, 0.15) is 69.9 Å². The minimum Gasteiger partial charge on any atom is -0.393 e. The fraction of sp³-hybridized carbons (Fsp3) is 0.517.